The number of ether oxygens (including phenoxy) is 5. The number of thiazole rings is 2. The van der Waals surface area contributed by atoms with Gasteiger partial charge in [0.2, 0.25) is 11.9 Å². The van der Waals surface area contributed by atoms with Crippen molar-refractivity contribution in [2.45, 2.75) is 68.8 Å². The molecule has 6 aromatic rings. The van der Waals surface area contributed by atoms with Gasteiger partial charge < -0.3 is 50.5 Å². The van der Waals surface area contributed by atoms with Crippen LogP contribution in [0.25, 0.3) is 20.7 Å². The number of fused-ring (bicyclic) bond motifs is 2. The number of esters is 3. The van der Waals surface area contributed by atoms with Crippen molar-refractivity contribution in [2.75, 3.05) is 24.7 Å². The largest absolute Gasteiger partial charge is 0.459 e. The number of nitrogens with zero attached hydrogens (tertiary/aromatic N) is 4. The van der Waals surface area contributed by atoms with E-state index in [9.17, 15) is 48.9 Å². The molecule has 25 heteroatoms. The van der Waals surface area contributed by atoms with Gasteiger partial charge in [-0.3, -0.25) is 43.1 Å². The van der Waals surface area contributed by atoms with Crippen molar-refractivity contribution in [1.82, 2.24) is 29.1 Å². The summed E-state index contributed by atoms with van der Waals surface area (Å²) in [5, 5.41) is 29.7. The number of aliphatic hydroxyl groups is 3. The Balaban J connectivity index is 0.000000227. The summed E-state index contributed by atoms with van der Waals surface area (Å²) in [7, 11) is 0. The van der Waals surface area contributed by atoms with Crippen molar-refractivity contribution in [1.29, 1.82) is 0 Å². The fourth-order valence-corrected chi connectivity index (χ4v) is 8.73. The topological polar surface area (TPSA) is 346 Å². The number of benzene rings is 2. The minimum atomic E-state index is -1.77. The van der Waals surface area contributed by atoms with Gasteiger partial charge in [0.05, 0.1) is 17.7 Å². The van der Waals surface area contributed by atoms with E-state index in [0.717, 1.165) is 16.1 Å². The Labute approximate surface area is 360 Å². The maximum Gasteiger partial charge on any atom is 0.338 e. The molecular weight excluding hydrogens is 873 g/mol. The van der Waals surface area contributed by atoms with E-state index in [0.29, 0.717) is 22.7 Å². The number of rotatable bonds is 9. The number of aliphatic hydroxyl groups excluding tert-OH is 2. The highest BCUT2D eigenvalue weighted by atomic mass is 32.1. The number of aromatic nitrogens is 6. The van der Waals surface area contributed by atoms with E-state index in [1.54, 1.807) is 48.5 Å². The lowest BCUT2D eigenvalue weighted by Gasteiger charge is -2.33. The number of hydrogen-bond acceptors (Lipinski definition) is 21. The number of nitrogens with one attached hydrogen (secondary N) is 2. The van der Waals surface area contributed by atoms with Crippen LogP contribution in [0.1, 0.15) is 53.9 Å². The molecule has 2 fully saturated rings. The second-order valence-electron chi connectivity index (χ2n) is 14.5. The first-order chi connectivity index (χ1) is 29.8. The Morgan fingerprint density at radius 1 is 0.794 bits per heavy atom. The van der Waals surface area contributed by atoms with Crippen LogP contribution in [-0.2, 0) is 28.5 Å². The molecule has 0 amide bonds. The highest BCUT2D eigenvalue weighted by Gasteiger charge is 2.61. The summed E-state index contributed by atoms with van der Waals surface area (Å²) in [6, 6.07) is 16.2. The van der Waals surface area contributed by atoms with Crippen molar-refractivity contribution >= 4 is 73.2 Å². The number of hydrogen-bond donors (Lipinski definition) is 7. The van der Waals surface area contributed by atoms with Gasteiger partial charge in [-0.15, -0.1) is 0 Å². The molecule has 8 rings (SSSR count). The first-order valence-electron chi connectivity index (χ1n) is 18.7. The molecule has 0 unspecified atom stereocenters. The molecule has 0 spiro atoms. The summed E-state index contributed by atoms with van der Waals surface area (Å²) in [4.78, 5) is 99.2. The zero-order valence-electron chi connectivity index (χ0n) is 33.2. The highest BCUT2D eigenvalue weighted by molar-refractivity contribution is 7.16. The normalized spacial score (nSPS) is 25.4. The number of H-pyrrole nitrogens is 2. The van der Waals surface area contributed by atoms with Crippen molar-refractivity contribution < 1.29 is 53.4 Å². The molecule has 332 valence electrons. The molecule has 63 heavy (non-hydrogen) atoms. The van der Waals surface area contributed by atoms with E-state index in [1.165, 1.54) is 26.0 Å². The molecular formula is C38H38N8O15S2. The van der Waals surface area contributed by atoms with Crippen LogP contribution in [0.4, 0.5) is 11.9 Å². The molecule has 8 atom stereocenters. The monoisotopic (exact) mass is 910 g/mol. The number of carbonyl (C=O) groups is 3. The predicted molar refractivity (Wildman–Crippen MR) is 222 cm³/mol. The van der Waals surface area contributed by atoms with Crippen LogP contribution in [0.3, 0.4) is 0 Å². The van der Waals surface area contributed by atoms with E-state index < -0.39 is 100 Å². The van der Waals surface area contributed by atoms with Gasteiger partial charge in [0.15, 0.2) is 35.5 Å². The molecule has 4 aromatic heterocycles. The van der Waals surface area contributed by atoms with Gasteiger partial charge in [0.1, 0.15) is 39.9 Å². The standard InChI is InChI=1S/C27H24N4O9S.C11H14N4O6S/c1-14(32)40-27(2)17(13-37-23(34)15-9-5-3-6-10-15)38-22(19(27)39-24(35)16-11-7-4-8-12-16)31-20-18(41-26(31)36)21(33)30-25(28)29-20;1-11(20)3(2-16)21-8(5(11)17)15-6-4(22-10(15)19)7(18)14-9(12)13-6/h3-12,17,19,22H,13H2,1-2H3,(H3,28,29,30,33);3,5,8,16-17,20H,2H2,1H3,(H3,12,13,14,18)/t17-,19+,22-,27-;3-,5+,8-,11-/m11/s1. The third kappa shape index (κ3) is 8.36. The second kappa shape index (κ2) is 17.3. The Kier molecular flexibility index (Phi) is 12.2. The SMILES string of the molecule is CC(=O)O[C@]1(C)[C@@H](COC(=O)c2ccccc2)O[C@@H](n2c(=O)sc3c(=O)[nH]c(N)nc32)[C@@H]1OC(=O)c1ccccc1.C[C@@]1(O)[C@@H](CO)O[C@@H](n2c(=O)sc3c(=O)[nH]c(N)nc32)[C@@H]1O. The van der Waals surface area contributed by atoms with E-state index in [2.05, 4.69) is 19.9 Å². The average Bonchev–Trinajstić information content (AvgIpc) is 3.90. The average molecular weight is 911 g/mol. The maximum absolute atomic E-state index is 13.2. The van der Waals surface area contributed by atoms with Crippen molar-refractivity contribution in [2.24, 2.45) is 0 Å². The summed E-state index contributed by atoms with van der Waals surface area (Å²) < 4.78 is 30.5. The van der Waals surface area contributed by atoms with Gasteiger partial charge in [-0.25, -0.2) is 9.59 Å². The third-order valence-corrected chi connectivity index (χ3v) is 12.1. The van der Waals surface area contributed by atoms with Crippen LogP contribution >= 0.6 is 22.7 Å². The molecule has 2 aliphatic rings. The minimum Gasteiger partial charge on any atom is -0.459 e. The van der Waals surface area contributed by atoms with Crippen LogP contribution in [0.2, 0.25) is 0 Å². The Hall–Kier alpha value is -6.61. The summed E-state index contributed by atoms with van der Waals surface area (Å²) >= 11 is 1.20. The summed E-state index contributed by atoms with van der Waals surface area (Å²) in [6.07, 6.45) is -8.02. The lowest BCUT2D eigenvalue weighted by atomic mass is 9.93. The first-order valence-corrected chi connectivity index (χ1v) is 20.3. The van der Waals surface area contributed by atoms with Crippen LogP contribution in [0.5, 0.6) is 0 Å². The number of nitrogen functional groups attached to an aromatic ring is 2. The van der Waals surface area contributed by atoms with Gasteiger partial charge in [0, 0.05) is 6.92 Å². The van der Waals surface area contributed by atoms with Gasteiger partial charge in [-0.05, 0) is 38.1 Å². The number of aromatic amines is 2. The second-order valence-corrected chi connectivity index (χ2v) is 16.4. The molecule has 2 saturated heterocycles. The van der Waals surface area contributed by atoms with Crippen LogP contribution in [0.15, 0.2) is 79.8 Å². The first kappa shape index (κ1) is 44.4. The summed E-state index contributed by atoms with van der Waals surface area (Å²) in [5.74, 6) is -2.69. The van der Waals surface area contributed by atoms with E-state index >= 15 is 0 Å². The lowest BCUT2D eigenvalue weighted by molar-refractivity contribution is -0.172. The molecule has 6 heterocycles. The Morgan fingerprint density at radius 3 is 1.75 bits per heavy atom. The van der Waals surface area contributed by atoms with Crippen molar-refractivity contribution in [3.63, 3.8) is 0 Å². The van der Waals surface area contributed by atoms with Gasteiger partial charge in [0.25, 0.3) is 11.1 Å². The highest BCUT2D eigenvalue weighted by Crippen LogP contribution is 2.43. The number of carbonyl (C=O) groups excluding carboxylic acids is 3. The van der Waals surface area contributed by atoms with Crippen LogP contribution in [-0.4, -0.2) is 111 Å². The Morgan fingerprint density at radius 2 is 1.27 bits per heavy atom. The quantitative estimate of drug-likeness (QED) is 0.0727. The molecule has 0 radical (unpaired) electrons. The smallest absolute Gasteiger partial charge is 0.338 e. The zero-order chi connectivity index (χ0) is 45.5. The van der Waals surface area contributed by atoms with Crippen molar-refractivity contribution in [3.05, 3.63) is 112 Å². The minimum absolute atomic E-state index is 0.0297. The summed E-state index contributed by atoms with van der Waals surface area (Å²) in [6.45, 7) is 2.88. The lowest BCUT2D eigenvalue weighted by Crippen LogP contribution is -2.52. The summed E-state index contributed by atoms with van der Waals surface area (Å²) in [5.41, 5.74) is 6.72. The fourth-order valence-electron chi connectivity index (χ4n) is 7.05. The zero-order valence-corrected chi connectivity index (χ0v) is 34.8. The molecule has 23 nitrogen and oxygen atoms in total. The van der Waals surface area contributed by atoms with E-state index in [-0.39, 0.29) is 43.7 Å². The van der Waals surface area contributed by atoms with E-state index in [4.69, 9.17) is 35.2 Å². The molecule has 0 saturated carbocycles. The number of anilines is 2. The van der Waals surface area contributed by atoms with Gasteiger partial charge in [-0.1, -0.05) is 59.1 Å². The maximum atomic E-state index is 13.2. The Bertz CT molecular complexity index is 2950. The van der Waals surface area contributed by atoms with Gasteiger partial charge in [-0.2, -0.15) is 9.97 Å². The molecule has 0 bridgehead atoms. The van der Waals surface area contributed by atoms with Crippen LogP contribution < -0.4 is 32.3 Å². The molecule has 0 aliphatic carbocycles. The fraction of sp³-hybridized carbons (Fsp3) is 0.342. The van der Waals surface area contributed by atoms with Crippen molar-refractivity contribution in [3.8, 4) is 0 Å². The van der Waals surface area contributed by atoms with Crippen LogP contribution in [0, 0.1) is 0 Å². The molecule has 2 aromatic carbocycles. The molecule has 9 N–H and O–H groups in total. The molecule has 2 aliphatic heterocycles. The number of nitrogens with two attached hydrogens (primary N) is 2. The van der Waals surface area contributed by atoms with E-state index in [1.807, 2.05) is 0 Å². The third-order valence-electron chi connectivity index (χ3n) is 10.2. The van der Waals surface area contributed by atoms with Gasteiger partial charge >= 0.3 is 27.7 Å². The predicted octanol–water partition coefficient (Wildman–Crippen LogP) is -0.240.